The van der Waals surface area contributed by atoms with Crippen molar-refractivity contribution in [3.63, 3.8) is 0 Å². The number of carbonyl (C=O) groups excluding carboxylic acids is 1. The van der Waals surface area contributed by atoms with Crippen molar-refractivity contribution in [3.05, 3.63) is 59.7 Å². The molecule has 162 valence electrons. The van der Waals surface area contributed by atoms with Gasteiger partial charge in [-0.25, -0.2) is 4.79 Å². The topological polar surface area (TPSA) is 66.8 Å². The third-order valence-corrected chi connectivity index (χ3v) is 7.53. The molecular formula is C26H29NO4. The third kappa shape index (κ3) is 3.71. The van der Waals surface area contributed by atoms with Crippen LogP contribution < -0.4 is 0 Å². The highest BCUT2D eigenvalue weighted by Gasteiger charge is 2.44. The van der Waals surface area contributed by atoms with Crippen LogP contribution in [0.2, 0.25) is 0 Å². The van der Waals surface area contributed by atoms with Crippen LogP contribution in [-0.2, 0) is 9.53 Å². The minimum Gasteiger partial charge on any atom is -0.481 e. The van der Waals surface area contributed by atoms with E-state index in [1.807, 2.05) is 24.3 Å². The predicted octanol–water partition coefficient (Wildman–Crippen LogP) is 5.15. The first-order chi connectivity index (χ1) is 15.1. The van der Waals surface area contributed by atoms with Gasteiger partial charge in [-0.05, 0) is 34.1 Å². The van der Waals surface area contributed by atoms with Crippen LogP contribution in [0.3, 0.4) is 0 Å². The maximum absolute atomic E-state index is 12.9. The van der Waals surface area contributed by atoms with E-state index in [0.717, 1.165) is 12.8 Å². The van der Waals surface area contributed by atoms with Crippen molar-refractivity contribution in [2.45, 2.75) is 38.0 Å². The molecule has 0 aromatic heterocycles. The Morgan fingerprint density at radius 1 is 0.903 bits per heavy atom. The molecule has 3 aliphatic rings. The molecule has 1 amide bonds. The van der Waals surface area contributed by atoms with Gasteiger partial charge in [-0.1, -0.05) is 80.6 Å². The maximum Gasteiger partial charge on any atom is 0.409 e. The average molecular weight is 420 g/mol. The van der Waals surface area contributed by atoms with E-state index in [1.165, 1.54) is 41.5 Å². The van der Waals surface area contributed by atoms with Crippen molar-refractivity contribution in [1.82, 2.24) is 4.90 Å². The molecule has 0 bridgehead atoms. The van der Waals surface area contributed by atoms with Crippen LogP contribution in [0.15, 0.2) is 48.5 Å². The number of carbonyl (C=O) groups is 2. The Morgan fingerprint density at radius 2 is 1.52 bits per heavy atom. The van der Waals surface area contributed by atoms with Crippen LogP contribution >= 0.6 is 0 Å². The maximum atomic E-state index is 12.9. The molecule has 1 saturated heterocycles. The Kier molecular flexibility index (Phi) is 5.43. The van der Waals surface area contributed by atoms with Gasteiger partial charge in [0, 0.05) is 19.0 Å². The van der Waals surface area contributed by atoms with Crippen LogP contribution in [0.1, 0.15) is 49.1 Å². The van der Waals surface area contributed by atoms with Crippen molar-refractivity contribution >= 4 is 12.1 Å². The summed E-state index contributed by atoms with van der Waals surface area (Å²) in [6.45, 7) is 1.03. The first-order valence-electron chi connectivity index (χ1n) is 11.5. The Hall–Kier alpha value is -2.82. The molecule has 2 atom stereocenters. The van der Waals surface area contributed by atoms with Gasteiger partial charge in [0.2, 0.25) is 0 Å². The van der Waals surface area contributed by atoms with Gasteiger partial charge in [-0.3, -0.25) is 4.79 Å². The lowest BCUT2D eigenvalue weighted by molar-refractivity contribution is -0.143. The SMILES string of the molecule is O=C(O)[C@H]1CN(C(=O)OCC2c3ccccc3-c3ccccc32)C[C@@H]1C1CCCCC1. The highest BCUT2D eigenvalue weighted by Crippen LogP contribution is 2.45. The largest absolute Gasteiger partial charge is 0.481 e. The van der Waals surface area contributed by atoms with Gasteiger partial charge in [0.25, 0.3) is 0 Å². The normalized spacial score (nSPS) is 23.4. The number of fused-ring (bicyclic) bond motifs is 3. The molecule has 2 aliphatic carbocycles. The quantitative estimate of drug-likeness (QED) is 0.744. The Bertz CT molecular complexity index is 935. The molecule has 5 rings (SSSR count). The number of amides is 1. The number of carboxylic acids is 1. The summed E-state index contributed by atoms with van der Waals surface area (Å²) < 4.78 is 5.78. The fourth-order valence-electron chi connectivity index (χ4n) is 5.96. The van der Waals surface area contributed by atoms with Crippen LogP contribution in [0.25, 0.3) is 11.1 Å². The Balaban J connectivity index is 1.28. The summed E-state index contributed by atoms with van der Waals surface area (Å²) in [6, 6.07) is 16.5. The highest BCUT2D eigenvalue weighted by molar-refractivity contribution is 5.79. The van der Waals surface area contributed by atoms with Crippen molar-refractivity contribution in [1.29, 1.82) is 0 Å². The fourth-order valence-corrected chi connectivity index (χ4v) is 5.96. The van der Waals surface area contributed by atoms with E-state index in [2.05, 4.69) is 24.3 Å². The molecule has 1 aliphatic heterocycles. The zero-order valence-corrected chi connectivity index (χ0v) is 17.7. The molecule has 0 radical (unpaired) electrons. The van der Waals surface area contributed by atoms with Gasteiger partial charge in [0.15, 0.2) is 0 Å². The van der Waals surface area contributed by atoms with Gasteiger partial charge >= 0.3 is 12.1 Å². The number of rotatable bonds is 4. The average Bonchev–Trinajstić information content (AvgIpc) is 3.39. The number of ether oxygens (including phenoxy) is 1. The third-order valence-electron chi connectivity index (χ3n) is 7.53. The molecule has 31 heavy (non-hydrogen) atoms. The van der Waals surface area contributed by atoms with Crippen LogP contribution in [0.5, 0.6) is 0 Å². The first-order valence-corrected chi connectivity index (χ1v) is 11.5. The molecule has 0 spiro atoms. The smallest absolute Gasteiger partial charge is 0.409 e. The molecule has 2 aromatic rings. The van der Waals surface area contributed by atoms with Crippen molar-refractivity contribution in [2.75, 3.05) is 19.7 Å². The van der Waals surface area contributed by atoms with Gasteiger partial charge in [0.05, 0.1) is 5.92 Å². The molecule has 0 unspecified atom stereocenters. The Morgan fingerprint density at radius 3 is 2.13 bits per heavy atom. The van der Waals surface area contributed by atoms with Gasteiger partial charge in [-0.2, -0.15) is 0 Å². The highest BCUT2D eigenvalue weighted by atomic mass is 16.6. The van der Waals surface area contributed by atoms with E-state index in [1.54, 1.807) is 4.90 Å². The molecule has 5 nitrogen and oxygen atoms in total. The number of nitrogens with zero attached hydrogens (tertiary/aromatic N) is 1. The van der Waals surface area contributed by atoms with Crippen LogP contribution in [-0.4, -0.2) is 41.8 Å². The summed E-state index contributed by atoms with van der Waals surface area (Å²) in [5, 5.41) is 9.76. The van der Waals surface area contributed by atoms with Crippen molar-refractivity contribution in [2.24, 2.45) is 17.8 Å². The zero-order valence-electron chi connectivity index (χ0n) is 17.7. The van der Waals surface area contributed by atoms with Crippen molar-refractivity contribution < 1.29 is 19.4 Å². The summed E-state index contributed by atoms with van der Waals surface area (Å²) in [5.41, 5.74) is 4.76. The first kappa shape index (κ1) is 20.1. The summed E-state index contributed by atoms with van der Waals surface area (Å²) in [7, 11) is 0. The minimum atomic E-state index is -0.787. The van der Waals surface area contributed by atoms with E-state index in [9.17, 15) is 14.7 Å². The number of carboxylic acid groups (broad SMARTS) is 1. The molecule has 1 N–H and O–H groups in total. The lowest BCUT2D eigenvalue weighted by atomic mass is 9.75. The second kappa shape index (κ2) is 8.37. The lowest BCUT2D eigenvalue weighted by Crippen LogP contribution is -2.31. The van der Waals surface area contributed by atoms with E-state index in [4.69, 9.17) is 4.74 Å². The molecule has 1 heterocycles. The number of likely N-dealkylation sites (tertiary alicyclic amines) is 1. The summed E-state index contributed by atoms with van der Waals surface area (Å²) in [6.07, 6.45) is 5.33. The number of benzene rings is 2. The zero-order chi connectivity index (χ0) is 21.4. The van der Waals surface area contributed by atoms with Gasteiger partial charge in [0.1, 0.15) is 6.61 Å². The summed E-state index contributed by atoms with van der Waals surface area (Å²) in [5.74, 6) is -0.809. The van der Waals surface area contributed by atoms with Gasteiger partial charge in [-0.15, -0.1) is 0 Å². The molecule has 5 heteroatoms. The summed E-state index contributed by atoms with van der Waals surface area (Å²) >= 11 is 0. The number of hydrogen-bond donors (Lipinski definition) is 1. The standard InChI is InChI=1S/C26H29NO4/c28-25(29)23-15-27(14-22(23)17-8-2-1-3-9-17)26(30)31-16-24-20-12-6-4-10-18(20)19-11-5-7-13-21(19)24/h4-7,10-13,17,22-24H,1-3,8-9,14-16H2,(H,28,29)/t22-,23+/m1/s1. The number of aliphatic carboxylic acids is 1. The van der Waals surface area contributed by atoms with Crippen molar-refractivity contribution in [3.8, 4) is 11.1 Å². The Labute approximate surface area is 183 Å². The van der Waals surface area contributed by atoms with E-state index >= 15 is 0 Å². The molecule has 2 fully saturated rings. The van der Waals surface area contributed by atoms with Gasteiger partial charge < -0.3 is 14.7 Å². The van der Waals surface area contributed by atoms with E-state index in [-0.39, 0.29) is 31.1 Å². The monoisotopic (exact) mass is 419 g/mol. The van der Waals surface area contributed by atoms with Crippen LogP contribution in [0.4, 0.5) is 4.79 Å². The fraction of sp³-hybridized carbons (Fsp3) is 0.462. The predicted molar refractivity (Wildman–Crippen MR) is 118 cm³/mol. The molecule has 1 saturated carbocycles. The summed E-state index contributed by atoms with van der Waals surface area (Å²) in [4.78, 5) is 26.4. The molecule has 2 aromatic carbocycles. The second-order valence-corrected chi connectivity index (χ2v) is 9.22. The number of hydrogen-bond acceptors (Lipinski definition) is 3. The lowest BCUT2D eigenvalue weighted by Gasteiger charge is -2.29. The minimum absolute atomic E-state index is 0.0170. The van der Waals surface area contributed by atoms with E-state index in [0.29, 0.717) is 12.5 Å². The van der Waals surface area contributed by atoms with Crippen LogP contribution in [0, 0.1) is 17.8 Å². The van der Waals surface area contributed by atoms with E-state index < -0.39 is 11.9 Å². The second-order valence-electron chi connectivity index (χ2n) is 9.22. The molecular weight excluding hydrogens is 390 g/mol.